The summed E-state index contributed by atoms with van der Waals surface area (Å²) < 4.78 is 10.5. The Bertz CT molecular complexity index is 444. The van der Waals surface area contributed by atoms with Gasteiger partial charge >= 0.3 is 0 Å². The molecule has 0 aliphatic carbocycles. The minimum atomic E-state index is -0.391. The smallest absolute Gasteiger partial charge is 0.234 e. The molecule has 0 aliphatic heterocycles. The van der Waals surface area contributed by atoms with Crippen molar-refractivity contribution in [3.63, 3.8) is 0 Å². The van der Waals surface area contributed by atoms with Gasteiger partial charge in [0.05, 0.1) is 20.8 Å². The fraction of sp³-hybridized carbons (Fsp3) is 0.500. The van der Waals surface area contributed by atoms with E-state index in [0.717, 1.165) is 17.1 Å². The van der Waals surface area contributed by atoms with Crippen molar-refractivity contribution < 1.29 is 14.3 Å². The van der Waals surface area contributed by atoms with Crippen LogP contribution in [0.4, 0.5) is 0 Å². The first-order valence-electron chi connectivity index (χ1n) is 6.14. The molecule has 0 bridgehead atoms. The van der Waals surface area contributed by atoms with Crippen LogP contribution in [-0.2, 0) is 11.2 Å². The van der Waals surface area contributed by atoms with E-state index in [9.17, 15) is 4.79 Å². The SMILES string of the molecule is COc1ccc(CC(C)(C)NC(=O)CN)c(OC)c1. The Kier molecular flexibility index (Phi) is 5.18. The van der Waals surface area contributed by atoms with Crippen LogP contribution in [0, 0.1) is 0 Å². The number of nitrogens with one attached hydrogen (secondary N) is 1. The van der Waals surface area contributed by atoms with Crippen LogP contribution in [0.15, 0.2) is 18.2 Å². The topological polar surface area (TPSA) is 73.6 Å². The van der Waals surface area contributed by atoms with Crippen molar-refractivity contribution >= 4 is 5.91 Å². The molecule has 0 spiro atoms. The fourth-order valence-corrected chi connectivity index (χ4v) is 1.95. The van der Waals surface area contributed by atoms with E-state index in [1.807, 2.05) is 32.0 Å². The van der Waals surface area contributed by atoms with Crippen LogP contribution in [0.5, 0.6) is 11.5 Å². The standard InChI is InChI=1S/C14H22N2O3/c1-14(2,16-13(17)9-15)8-10-5-6-11(18-3)7-12(10)19-4/h5-7H,8-9,15H2,1-4H3,(H,16,17). The molecule has 0 atom stereocenters. The number of ether oxygens (including phenoxy) is 2. The molecular formula is C14H22N2O3. The van der Waals surface area contributed by atoms with Gasteiger partial charge in [-0.15, -0.1) is 0 Å². The van der Waals surface area contributed by atoms with E-state index >= 15 is 0 Å². The number of rotatable bonds is 6. The number of benzene rings is 1. The molecule has 5 nitrogen and oxygen atoms in total. The first-order chi connectivity index (χ1) is 8.91. The summed E-state index contributed by atoms with van der Waals surface area (Å²) >= 11 is 0. The normalized spacial score (nSPS) is 11.0. The molecule has 1 aromatic rings. The Morgan fingerprint density at radius 2 is 2.00 bits per heavy atom. The van der Waals surface area contributed by atoms with Crippen LogP contribution in [0.1, 0.15) is 19.4 Å². The molecule has 0 heterocycles. The second-order valence-corrected chi connectivity index (χ2v) is 4.99. The van der Waals surface area contributed by atoms with E-state index in [1.54, 1.807) is 14.2 Å². The highest BCUT2D eigenvalue weighted by Gasteiger charge is 2.22. The van der Waals surface area contributed by atoms with Crippen LogP contribution in [-0.4, -0.2) is 32.2 Å². The van der Waals surface area contributed by atoms with Crippen LogP contribution in [0.2, 0.25) is 0 Å². The summed E-state index contributed by atoms with van der Waals surface area (Å²) in [5, 5.41) is 2.88. The zero-order valence-electron chi connectivity index (χ0n) is 11.9. The van der Waals surface area contributed by atoms with Crippen molar-refractivity contribution in [3.8, 4) is 11.5 Å². The third-order valence-electron chi connectivity index (χ3n) is 2.79. The lowest BCUT2D eigenvalue weighted by molar-refractivity contribution is -0.121. The van der Waals surface area contributed by atoms with Crippen molar-refractivity contribution in [2.24, 2.45) is 5.73 Å². The van der Waals surface area contributed by atoms with E-state index < -0.39 is 5.54 Å². The van der Waals surface area contributed by atoms with Crippen molar-refractivity contribution in [3.05, 3.63) is 23.8 Å². The van der Waals surface area contributed by atoms with Gasteiger partial charge in [-0.25, -0.2) is 0 Å². The molecule has 5 heteroatoms. The zero-order chi connectivity index (χ0) is 14.5. The second-order valence-electron chi connectivity index (χ2n) is 4.99. The minimum Gasteiger partial charge on any atom is -0.497 e. The summed E-state index contributed by atoms with van der Waals surface area (Å²) in [7, 11) is 3.23. The van der Waals surface area contributed by atoms with Crippen molar-refractivity contribution in [1.29, 1.82) is 0 Å². The Morgan fingerprint density at radius 1 is 1.32 bits per heavy atom. The van der Waals surface area contributed by atoms with Crippen LogP contribution < -0.4 is 20.5 Å². The molecule has 1 amide bonds. The number of carbonyl (C=O) groups excluding carboxylic acids is 1. The Labute approximate surface area is 114 Å². The van der Waals surface area contributed by atoms with Gasteiger partial charge in [0.15, 0.2) is 0 Å². The largest absolute Gasteiger partial charge is 0.497 e. The molecule has 0 aliphatic rings. The third-order valence-corrected chi connectivity index (χ3v) is 2.79. The number of amides is 1. The predicted molar refractivity (Wildman–Crippen MR) is 74.5 cm³/mol. The highest BCUT2D eigenvalue weighted by molar-refractivity contribution is 5.78. The molecule has 0 unspecified atom stereocenters. The van der Waals surface area contributed by atoms with Gasteiger partial charge in [-0.2, -0.15) is 0 Å². The van der Waals surface area contributed by atoms with Crippen molar-refractivity contribution in [1.82, 2.24) is 5.32 Å². The summed E-state index contributed by atoms with van der Waals surface area (Å²) in [6.45, 7) is 3.89. The van der Waals surface area contributed by atoms with Gasteiger partial charge in [0.25, 0.3) is 0 Å². The van der Waals surface area contributed by atoms with Gasteiger partial charge in [-0.1, -0.05) is 6.07 Å². The maximum atomic E-state index is 11.4. The van der Waals surface area contributed by atoms with E-state index in [0.29, 0.717) is 6.42 Å². The van der Waals surface area contributed by atoms with E-state index in [-0.39, 0.29) is 12.5 Å². The summed E-state index contributed by atoms with van der Waals surface area (Å²) in [5.41, 5.74) is 5.93. The van der Waals surface area contributed by atoms with Gasteiger partial charge in [-0.05, 0) is 31.9 Å². The highest BCUT2D eigenvalue weighted by Crippen LogP contribution is 2.27. The molecule has 1 aromatic carbocycles. The Hall–Kier alpha value is -1.75. The average Bonchev–Trinajstić information content (AvgIpc) is 2.38. The third kappa shape index (κ3) is 4.44. The molecule has 19 heavy (non-hydrogen) atoms. The summed E-state index contributed by atoms with van der Waals surface area (Å²) in [4.78, 5) is 11.4. The van der Waals surface area contributed by atoms with E-state index in [2.05, 4.69) is 5.32 Å². The van der Waals surface area contributed by atoms with Crippen molar-refractivity contribution in [2.45, 2.75) is 25.8 Å². The van der Waals surface area contributed by atoms with Gasteiger partial charge < -0.3 is 20.5 Å². The molecule has 1 rings (SSSR count). The molecular weight excluding hydrogens is 244 g/mol. The quantitative estimate of drug-likeness (QED) is 0.808. The molecule has 106 valence electrons. The van der Waals surface area contributed by atoms with Gasteiger partial charge in [0.1, 0.15) is 11.5 Å². The molecule has 3 N–H and O–H groups in total. The van der Waals surface area contributed by atoms with Gasteiger partial charge in [-0.3, -0.25) is 4.79 Å². The van der Waals surface area contributed by atoms with Gasteiger partial charge in [0.2, 0.25) is 5.91 Å². The Balaban J connectivity index is 2.88. The predicted octanol–water partition coefficient (Wildman–Crippen LogP) is 1.10. The molecule has 0 fully saturated rings. The lowest BCUT2D eigenvalue weighted by atomic mass is 9.94. The molecule has 0 radical (unpaired) electrons. The fourth-order valence-electron chi connectivity index (χ4n) is 1.95. The second kappa shape index (κ2) is 6.43. The lowest BCUT2D eigenvalue weighted by Gasteiger charge is -2.27. The zero-order valence-corrected chi connectivity index (χ0v) is 11.9. The first-order valence-corrected chi connectivity index (χ1v) is 6.14. The van der Waals surface area contributed by atoms with E-state index in [4.69, 9.17) is 15.2 Å². The average molecular weight is 266 g/mol. The molecule has 0 saturated heterocycles. The van der Waals surface area contributed by atoms with Crippen molar-refractivity contribution in [2.75, 3.05) is 20.8 Å². The Morgan fingerprint density at radius 3 is 2.53 bits per heavy atom. The molecule has 0 aromatic heterocycles. The maximum Gasteiger partial charge on any atom is 0.234 e. The maximum absolute atomic E-state index is 11.4. The van der Waals surface area contributed by atoms with E-state index in [1.165, 1.54) is 0 Å². The van der Waals surface area contributed by atoms with Crippen LogP contribution in [0.25, 0.3) is 0 Å². The molecule has 0 saturated carbocycles. The lowest BCUT2D eigenvalue weighted by Crippen LogP contribution is -2.47. The monoisotopic (exact) mass is 266 g/mol. The van der Waals surface area contributed by atoms with Crippen LogP contribution >= 0.6 is 0 Å². The van der Waals surface area contributed by atoms with Crippen LogP contribution in [0.3, 0.4) is 0 Å². The number of nitrogens with two attached hydrogens (primary N) is 1. The number of hydrogen-bond acceptors (Lipinski definition) is 4. The minimum absolute atomic E-state index is 0.0107. The number of carbonyl (C=O) groups is 1. The summed E-state index contributed by atoms with van der Waals surface area (Å²) in [6, 6.07) is 5.64. The highest BCUT2D eigenvalue weighted by atomic mass is 16.5. The van der Waals surface area contributed by atoms with Gasteiger partial charge in [0, 0.05) is 11.6 Å². The summed E-state index contributed by atoms with van der Waals surface area (Å²) in [6.07, 6.45) is 0.645. The number of methoxy groups -OCH3 is 2. The summed E-state index contributed by atoms with van der Waals surface area (Å²) in [5.74, 6) is 1.32. The number of hydrogen-bond donors (Lipinski definition) is 2. The first kappa shape index (κ1) is 15.3.